The summed E-state index contributed by atoms with van der Waals surface area (Å²) in [5.41, 5.74) is 0. The molecule has 1 aliphatic carbocycles. The molecule has 0 saturated heterocycles. The Hall–Kier alpha value is 0.270. The highest BCUT2D eigenvalue weighted by Crippen LogP contribution is 2.28. The lowest BCUT2D eigenvalue weighted by Crippen LogP contribution is -2.21. The van der Waals surface area contributed by atoms with Gasteiger partial charge in [-0.25, -0.2) is 0 Å². The second-order valence-corrected chi connectivity index (χ2v) is 4.95. The summed E-state index contributed by atoms with van der Waals surface area (Å²) >= 11 is 1.93. The molecule has 1 saturated carbocycles. The Morgan fingerprint density at radius 1 is 1.29 bits per heavy atom. The first-order valence-electron chi connectivity index (χ1n) is 5.71. The highest BCUT2D eigenvalue weighted by atomic mass is 32.2. The minimum Gasteiger partial charge on any atom is -0.380 e. The molecule has 0 spiro atoms. The standard InChI is InChI=1S/C11H23NOS/c1-14-9-3-2-6-12-7-8-13-10-11-4-5-11/h11-12H,2-10H2,1H3. The van der Waals surface area contributed by atoms with Gasteiger partial charge in [-0.3, -0.25) is 0 Å². The van der Waals surface area contributed by atoms with Gasteiger partial charge < -0.3 is 10.1 Å². The van der Waals surface area contributed by atoms with Crippen LogP contribution in [-0.2, 0) is 4.74 Å². The zero-order chi connectivity index (χ0) is 10.1. The van der Waals surface area contributed by atoms with Crippen molar-refractivity contribution in [3.8, 4) is 0 Å². The van der Waals surface area contributed by atoms with Gasteiger partial charge in [-0.05, 0) is 50.2 Å². The highest BCUT2D eigenvalue weighted by molar-refractivity contribution is 7.98. The Labute approximate surface area is 92.2 Å². The van der Waals surface area contributed by atoms with E-state index in [4.69, 9.17) is 4.74 Å². The molecular weight excluding hydrogens is 194 g/mol. The first kappa shape index (κ1) is 12.3. The van der Waals surface area contributed by atoms with Crippen molar-refractivity contribution in [2.45, 2.75) is 25.7 Å². The van der Waals surface area contributed by atoms with Crippen molar-refractivity contribution in [3.05, 3.63) is 0 Å². The van der Waals surface area contributed by atoms with E-state index in [0.717, 1.165) is 32.2 Å². The normalized spacial score (nSPS) is 16.1. The second-order valence-electron chi connectivity index (χ2n) is 3.97. The molecule has 1 fully saturated rings. The average molecular weight is 217 g/mol. The topological polar surface area (TPSA) is 21.3 Å². The first-order chi connectivity index (χ1) is 6.93. The van der Waals surface area contributed by atoms with Gasteiger partial charge in [-0.1, -0.05) is 0 Å². The molecule has 1 aliphatic rings. The molecule has 0 radical (unpaired) electrons. The number of hydrogen-bond acceptors (Lipinski definition) is 3. The van der Waals surface area contributed by atoms with E-state index < -0.39 is 0 Å². The van der Waals surface area contributed by atoms with Crippen molar-refractivity contribution in [1.82, 2.24) is 5.32 Å². The van der Waals surface area contributed by atoms with Crippen LogP contribution < -0.4 is 5.32 Å². The number of hydrogen-bond donors (Lipinski definition) is 1. The van der Waals surface area contributed by atoms with Crippen LogP contribution in [0.2, 0.25) is 0 Å². The van der Waals surface area contributed by atoms with E-state index in [1.165, 1.54) is 31.4 Å². The Kier molecular flexibility index (Phi) is 7.55. The summed E-state index contributed by atoms with van der Waals surface area (Å²) in [5, 5.41) is 3.40. The van der Waals surface area contributed by atoms with E-state index in [1.54, 1.807) is 0 Å². The first-order valence-corrected chi connectivity index (χ1v) is 7.10. The lowest BCUT2D eigenvalue weighted by atomic mass is 10.3. The molecule has 84 valence electrons. The maximum atomic E-state index is 5.52. The second kappa shape index (κ2) is 8.57. The minimum absolute atomic E-state index is 0.888. The van der Waals surface area contributed by atoms with Gasteiger partial charge in [0, 0.05) is 13.2 Å². The number of rotatable bonds is 10. The molecule has 0 atom stereocenters. The van der Waals surface area contributed by atoms with E-state index in [1.807, 2.05) is 11.8 Å². The Balaban J connectivity index is 1.63. The molecule has 14 heavy (non-hydrogen) atoms. The number of unbranched alkanes of at least 4 members (excludes halogenated alkanes) is 1. The van der Waals surface area contributed by atoms with Crippen molar-refractivity contribution in [3.63, 3.8) is 0 Å². The molecule has 1 N–H and O–H groups in total. The summed E-state index contributed by atoms with van der Waals surface area (Å²) in [4.78, 5) is 0. The zero-order valence-corrected chi connectivity index (χ0v) is 10.1. The van der Waals surface area contributed by atoms with Crippen LogP contribution in [0.5, 0.6) is 0 Å². The van der Waals surface area contributed by atoms with Crippen LogP contribution in [-0.4, -0.2) is 38.3 Å². The molecular formula is C11H23NOS. The molecule has 0 aromatic heterocycles. The quantitative estimate of drug-likeness (QED) is 0.567. The number of nitrogens with one attached hydrogen (secondary N) is 1. The summed E-state index contributed by atoms with van der Waals surface area (Å²) in [7, 11) is 0. The fourth-order valence-corrected chi connectivity index (χ4v) is 1.79. The van der Waals surface area contributed by atoms with Crippen LogP contribution in [0.3, 0.4) is 0 Å². The summed E-state index contributed by atoms with van der Waals surface area (Å²) < 4.78 is 5.52. The van der Waals surface area contributed by atoms with E-state index in [2.05, 4.69) is 11.6 Å². The number of thioether (sulfide) groups is 1. The minimum atomic E-state index is 0.888. The zero-order valence-electron chi connectivity index (χ0n) is 9.26. The third-order valence-corrected chi connectivity index (χ3v) is 3.12. The van der Waals surface area contributed by atoms with Crippen LogP contribution >= 0.6 is 11.8 Å². The fraction of sp³-hybridized carbons (Fsp3) is 1.00. The van der Waals surface area contributed by atoms with Gasteiger partial charge in [0.15, 0.2) is 0 Å². The predicted octanol–water partition coefficient (Wildman–Crippen LogP) is 2.15. The van der Waals surface area contributed by atoms with Gasteiger partial charge in [-0.2, -0.15) is 11.8 Å². The Bertz CT molecular complexity index is 128. The van der Waals surface area contributed by atoms with E-state index >= 15 is 0 Å². The van der Waals surface area contributed by atoms with Crippen molar-refractivity contribution in [2.75, 3.05) is 38.3 Å². The smallest absolute Gasteiger partial charge is 0.0591 e. The molecule has 0 heterocycles. The third-order valence-electron chi connectivity index (χ3n) is 2.43. The van der Waals surface area contributed by atoms with Crippen molar-refractivity contribution in [1.29, 1.82) is 0 Å². The Morgan fingerprint density at radius 2 is 2.14 bits per heavy atom. The number of ether oxygens (including phenoxy) is 1. The molecule has 1 rings (SSSR count). The Morgan fingerprint density at radius 3 is 2.86 bits per heavy atom. The SMILES string of the molecule is CSCCCCNCCOCC1CC1. The maximum absolute atomic E-state index is 5.52. The third kappa shape index (κ3) is 7.65. The largest absolute Gasteiger partial charge is 0.380 e. The van der Waals surface area contributed by atoms with Crippen LogP contribution in [0.4, 0.5) is 0 Å². The van der Waals surface area contributed by atoms with Gasteiger partial charge in [-0.15, -0.1) is 0 Å². The van der Waals surface area contributed by atoms with Crippen molar-refractivity contribution >= 4 is 11.8 Å². The molecule has 0 aromatic rings. The molecule has 0 unspecified atom stereocenters. The summed E-state index contributed by atoms with van der Waals surface area (Å²) in [6.45, 7) is 4.05. The van der Waals surface area contributed by atoms with E-state index in [9.17, 15) is 0 Å². The predicted molar refractivity (Wildman–Crippen MR) is 64.0 cm³/mol. The van der Waals surface area contributed by atoms with Gasteiger partial charge >= 0.3 is 0 Å². The lowest BCUT2D eigenvalue weighted by molar-refractivity contribution is 0.126. The maximum Gasteiger partial charge on any atom is 0.0591 e. The monoisotopic (exact) mass is 217 g/mol. The van der Waals surface area contributed by atoms with Gasteiger partial charge in [0.1, 0.15) is 0 Å². The van der Waals surface area contributed by atoms with Crippen molar-refractivity contribution < 1.29 is 4.74 Å². The molecule has 3 heteroatoms. The lowest BCUT2D eigenvalue weighted by Gasteiger charge is -2.05. The van der Waals surface area contributed by atoms with Crippen molar-refractivity contribution in [2.24, 2.45) is 5.92 Å². The van der Waals surface area contributed by atoms with Crippen LogP contribution in [0.1, 0.15) is 25.7 Å². The average Bonchev–Trinajstić information content (AvgIpc) is 2.99. The van der Waals surface area contributed by atoms with E-state index in [-0.39, 0.29) is 0 Å². The summed E-state index contributed by atoms with van der Waals surface area (Å²) in [6, 6.07) is 0. The van der Waals surface area contributed by atoms with Gasteiger partial charge in [0.05, 0.1) is 6.61 Å². The summed E-state index contributed by atoms with van der Waals surface area (Å²) in [5.74, 6) is 2.19. The molecule has 2 nitrogen and oxygen atoms in total. The molecule has 0 bridgehead atoms. The molecule has 0 aromatic carbocycles. The fourth-order valence-electron chi connectivity index (χ4n) is 1.30. The van der Waals surface area contributed by atoms with Crippen LogP contribution in [0, 0.1) is 5.92 Å². The molecule has 0 amide bonds. The summed E-state index contributed by atoms with van der Waals surface area (Å²) in [6.07, 6.45) is 7.57. The van der Waals surface area contributed by atoms with Gasteiger partial charge in [0.2, 0.25) is 0 Å². The van der Waals surface area contributed by atoms with E-state index in [0.29, 0.717) is 0 Å². The van der Waals surface area contributed by atoms with Crippen LogP contribution in [0.15, 0.2) is 0 Å². The van der Waals surface area contributed by atoms with Crippen LogP contribution in [0.25, 0.3) is 0 Å². The van der Waals surface area contributed by atoms with Gasteiger partial charge in [0.25, 0.3) is 0 Å². The highest BCUT2D eigenvalue weighted by Gasteiger charge is 2.20. The molecule has 0 aliphatic heterocycles.